The van der Waals surface area contributed by atoms with Gasteiger partial charge >= 0.3 is 5.97 Å². The smallest absolute Gasteiger partial charge is 0.329 e. The van der Waals surface area contributed by atoms with Crippen LogP contribution >= 0.6 is 0 Å². The van der Waals surface area contributed by atoms with Gasteiger partial charge in [-0.05, 0) is 19.3 Å². The zero-order valence-corrected chi connectivity index (χ0v) is 16.0. The summed E-state index contributed by atoms with van der Waals surface area (Å²) in [5.41, 5.74) is 2.12. The maximum absolute atomic E-state index is 11.9. The molecule has 28 heavy (non-hydrogen) atoms. The van der Waals surface area contributed by atoms with Crippen molar-refractivity contribution < 1.29 is 28.8 Å². The SMILES string of the molecule is C#CCCC(=O)NOCC(=O)NCCCCC(NC(=O)CC)C(=O)OCC#C. The second-order valence-corrected chi connectivity index (χ2v) is 5.65. The molecule has 0 spiro atoms. The number of carbonyl (C=O) groups excluding carboxylic acids is 4. The van der Waals surface area contributed by atoms with Gasteiger partial charge in [-0.3, -0.25) is 19.2 Å². The van der Waals surface area contributed by atoms with E-state index < -0.39 is 23.8 Å². The average molecular weight is 393 g/mol. The summed E-state index contributed by atoms with van der Waals surface area (Å²) >= 11 is 0. The Bertz CT molecular complexity index is 606. The van der Waals surface area contributed by atoms with Crippen LogP contribution in [0.25, 0.3) is 0 Å². The molecule has 0 aliphatic rings. The zero-order valence-electron chi connectivity index (χ0n) is 16.0. The Morgan fingerprint density at radius 3 is 2.43 bits per heavy atom. The molecule has 0 aromatic carbocycles. The molecule has 1 atom stereocenters. The summed E-state index contributed by atoms with van der Waals surface area (Å²) in [7, 11) is 0. The summed E-state index contributed by atoms with van der Waals surface area (Å²) in [6, 6.07) is -0.780. The number of carbonyl (C=O) groups is 4. The number of rotatable bonds is 14. The zero-order chi connectivity index (χ0) is 21.2. The van der Waals surface area contributed by atoms with Gasteiger partial charge in [-0.15, -0.1) is 18.8 Å². The van der Waals surface area contributed by atoms with E-state index in [2.05, 4.69) is 28.0 Å². The van der Waals surface area contributed by atoms with Crippen LogP contribution in [-0.4, -0.2) is 49.5 Å². The second-order valence-electron chi connectivity index (χ2n) is 5.65. The van der Waals surface area contributed by atoms with Gasteiger partial charge in [0.1, 0.15) is 6.04 Å². The van der Waals surface area contributed by atoms with Gasteiger partial charge in [0.15, 0.2) is 13.2 Å². The lowest BCUT2D eigenvalue weighted by Gasteiger charge is -2.16. The predicted molar refractivity (Wildman–Crippen MR) is 101 cm³/mol. The first-order chi connectivity index (χ1) is 13.4. The Hall–Kier alpha value is -3.04. The minimum atomic E-state index is -0.780. The van der Waals surface area contributed by atoms with Crippen LogP contribution in [0, 0.1) is 24.7 Å². The molecule has 0 fully saturated rings. The van der Waals surface area contributed by atoms with E-state index in [0.29, 0.717) is 25.8 Å². The number of unbranched alkanes of at least 4 members (excludes halogenated alkanes) is 1. The lowest BCUT2D eigenvalue weighted by molar-refractivity contribution is -0.146. The average Bonchev–Trinajstić information content (AvgIpc) is 2.68. The van der Waals surface area contributed by atoms with Gasteiger partial charge < -0.3 is 15.4 Å². The van der Waals surface area contributed by atoms with Gasteiger partial charge in [0.2, 0.25) is 17.7 Å². The number of hydrogen-bond acceptors (Lipinski definition) is 6. The first kappa shape index (κ1) is 25.0. The molecule has 9 heteroatoms. The van der Waals surface area contributed by atoms with Crippen molar-refractivity contribution in [3.8, 4) is 24.7 Å². The fourth-order valence-corrected chi connectivity index (χ4v) is 1.93. The molecule has 0 rings (SSSR count). The molecular weight excluding hydrogens is 366 g/mol. The predicted octanol–water partition coefficient (Wildman–Crippen LogP) is -0.195. The van der Waals surface area contributed by atoms with Gasteiger partial charge in [0.05, 0.1) is 0 Å². The Kier molecular flexibility index (Phi) is 14.4. The molecule has 0 aliphatic carbocycles. The number of esters is 1. The minimum Gasteiger partial charge on any atom is -0.451 e. The Balaban J connectivity index is 4.02. The third kappa shape index (κ3) is 13.2. The van der Waals surface area contributed by atoms with Crippen molar-refractivity contribution in [3.05, 3.63) is 0 Å². The number of hydrogen-bond donors (Lipinski definition) is 3. The van der Waals surface area contributed by atoms with E-state index in [1.165, 1.54) is 0 Å². The van der Waals surface area contributed by atoms with Crippen LogP contribution in [0.1, 0.15) is 45.4 Å². The van der Waals surface area contributed by atoms with Crippen molar-refractivity contribution >= 4 is 23.7 Å². The van der Waals surface area contributed by atoms with Gasteiger partial charge in [-0.25, -0.2) is 10.3 Å². The maximum Gasteiger partial charge on any atom is 0.329 e. The van der Waals surface area contributed by atoms with Crippen LogP contribution in [-0.2, 0) is 28.8 Å². The van der Waals surface area contributed by atoms with Gasteiger partial charge in [-0.1, -0.05) is 12.8 Å². The molecule has 0 saturated carbocycles. The van der Waals surface area contributed by atoms with Crippen molar-refractivity contribution in [3.63, 3.8) is 0 Å². The van der Waals surface area contributed by atoms with Crippen LogP contribution in [0.4, 0.5) is 0 Å². The Labute approximate surface area is 165 Å². The molecule has 0 aliphatic heterocycles. The molecule has 0 bridgehead atoms. The number of ether oxygens (including phenoxy) is 1. The molecule has 9 nitrogen and oxygen atoms in total. The number of amides is 3. The highest BCUT2D eigenvalue weighted by atomic mass is 16.7. The lowest BCUT2D eigenvalue weighted by atomic mass is 10.1. The van der Waals surface area contributed by atoms with Crippen LogP contribution in [0.15, 0.2) is 0 Å². The molecule has 3 amide bonds. The van der Waals surface area contributed by atoms with Crippen LogP contribution in [0.2, 0.25) is 0 Å². The highest BCUT2D eigenvalue weighted by Crippen LogP contribution is 2.04. The number of hydroxylamine groups is 1. The first-order valence-corrected chi connectivity index (χ1v) is 8.94. The van der Waals surface area contributed by atoms with Crippen LogP contribution in [0.5, 0.6) is 0 Å². The maximum atomic E-state index is 11.9. The van der Waals surface area contributed by atoms with Gasteiger partial charge in [0, 0.05) is 25.8 Å². The van der Waals surface area contributed by atoms with E-state index in [1.807, 2.05) is 0 Å². The van der Waals surface area contributed by atoms with Crippen molar-refractivity contribution in [2.45, 2.75) is 51.5 Å². The van der Waals surface area contributed by atoms with E-state index in [0.717, 1.165) is 0 Å². The summed E-state index contributed by atoms with van der Waals surface area (Å²) in [5.74, 6) is 2.86. The van der Waals surface area contributed by atoms with Crippen molar-refractivity contribution in [1.29, 1.82) is 0 Å². The Morgan fingerprint density at radius 2 is 1.79 bits per heavy atom. The molecule has 1 unspecified atom stereocenters. The van der Waals surface area contributed by atoms with Crippen molar-refractivity contribution in [1.82, 2.24) is 16.1 Å². The quantitative estimate of drug-likeness (QED) is 0.163. The third-order valence-electron chi connectivity index (χ3n) is 3.37. The highest BCUT2D eigenvalue weighted by Gasteiger charge is 2.21. The fraction of sp³-hybridized carbons (Fsp3) is 0.579. The van der Waals surface area contributed by atoms with Crippen molar-refractivity contribution in [2.24, 2.45) is 0 Å². The second kappa shape index (κ2) is 16.2. The molecular formula is C19H27N3O6. The van der Waals surface area contributed by atoms with E-state index in [9.17, 15) is 19.2 Å². The molecule has 3 N–H and O–H groups in total. The highest BCUT2D eigenvalue weighted by molar-refractivity contribution is 5.84. The van der Waals surface area contributed by atoms with Crippen molar-refractivity contribution in [2.75, 3.05) is 19.8 Å². The molecule has 0 saturated heterocycles. The number of nitrogens with one attached hydrogen (secondary N) is 3. The minimum absolute atomic E-state index is 0.123. The topological polar surface area (TPSA) is 123 Å². The third-order valence-corrected chi connectivity index (χ3v) is 3.37. The molecule has 154 valence electrons. The fourth-order valence-electron chi connectivity index (χ4n) is 1.93. The normalized spacial score (nSPS) is 10.7. The Morgan fingerprint density at radius 1 is 1.04 bits per heavy atom. The summed E-state index contributed by atoms with van der Waals surface area (Å²) in [6.07, 6.45) is 12.2. The molecule has 0 aromatic heterocycles. The van der Waals surface area contributed by atoms with Gasteiger partial charge in [0.25, 0.3) is 0 Å². The lowest BCUT2D eigenvalue weighted by Crippen LogP contribution is -2.41. The number of terminal acetylenes is 2. The largest absolute Gasteiger partial charge is 0.451 e. The summed E-state index contributed by atoms with van der Waals surface area (Å²) in [6.45, 7) is 1.54. The first-order valence-electron chi connectivity index (χ1n) is 8.94. The van der Waals surface area contributed by atoms with Gasteiger partial charge in [-0.2, -0.15) is 0 Å². The van der Waals surface area contributed by atoms with E-state index in [1.54, 1.807) is 6.92 Å². The van der Waals surface area contributed by atoms with Crippen LogP contribution < -0.4 is 16.1 Å². The van der Waals surface area contributed by atoms with Crippen LogP contribution in [0.3, 0.4) is 0 Å². The molecule has 0 heterocycles. The van der Waals surface area contributed by atoms with E-state index >= 15 is 0 Å². The van der Waals surface area contributed by atoms with E-state index in [4.69, 9.17) is 22.4 Å². The standard InChI is InChI=1S/C19H27N3O6/c1-4-7-11-17(24)22-28-14-18(25)20-12-9-8-10-15(21-16(23)6-3)19(26)27-13-5-2/h1-2,15H,6-14H2,3H3,(H,20,25)(H,21,23)(H,22,24). The molecule has 0 radical (unpaired) electrons. The summed E-state index contributed by atoms with van der Waals surface area (Å²) in [5, 5.41) is 5.20. The monoisotopic (exact) mass is 393 g/mol. The summed E-state index contributed by atoms with van der Waals surface area (Å²) in [4.78, 5) is 51.0. The summed E-state index contributed by atoms with van der Waals surface area (Å²) < 4.78 is 4.86. The molecule has 0 aromatic rings. The van der Waals surface area contributed by atoms with E-state index in [-0.39, 0.29) is 38.4 Å².